The second-order valence-electron chi connectivity index (χ2n) is 31.6. The SMILES string of the molecule is CCCCCCCCCCCCCCCCC(=O)OCC(COP(=O)(O)OCCC)OC(=O)CCCCCCCCCNCCNC(=O)CCC(=O)C[C@@H](C(=O)C[C@H]1C[C@@]2(O)[C@@H](OC(=O)c3ccccc3)C3C(C(=O)[C@H](OC(C)=O)C(=C1C)C2(C)C)[C@@H](O)C[C@H]1OC[C@@]31OC(C)=O)[C@@H](NC(=O)c1ccccc1)c1ccccc1. The highest BCUT2D eigenvalue weighted by atomic mass is 31.2. The van der Waals surface area contributed by atoms with Crippen LogP contribution in [0.15, 0.2) is 102 Å². The molecule has 0 spiro atoms. The molecule has 6 N–H and O–H groups in total. The van der Waals surface area contributed by atoms with E-state index in [0.717, 1.165) is 71.6 Å². The molecule has 1 aliphatic heterocycles. The number of nitrogens with one attached hydrogen (secondary N) is 3. The zero-order valence-electron chi connectivity index (χ0n) is 67.6. The van der Waals surface area contributed by atoms with Gasteiger partial charge in [-0.25, -0.2) is 9.36 Å². The first kappa shape index (κ1) is 92.8. The van der Waals surface area contributed by atoms with Crippen LogP contribution in [-0.2, 0) is 80.4 Å². The van der Waals surface area contributed by atoms with Crippen LogP contribution in [0.25, 0.3) is 0 Å². The van der Waals surface area contributed by atoms with Gasteiger partial charge in [0.05, 0.1) is 49.4 Å². The number of carbonyl (C=O) groups excluding carboxylic acids is 10. The van der Waals surface area contributed by atoms with Gasteiger partial charge in [-0.2, -0.15) is 0 Å². The summed E-state index contributed by atoms with van der Waals surface area (Å²) in [5.74, 6) is -11.9. The maximum Gasteiger partial charge on any atom is 0.472 e. The average Bonchev–Trinajstić information content (AvgIpc) is 0.679. The third kappa shape index (κ3) is 27.9. The zero-order valence-corrected chi connectivity index (χ0v) is 68.5. The summed E-state index contributed by atoms with van der Waals surface area (Å²) in [7, 11) is -4.42. The Morgan fingerprint density at radius 3 is 1.78 bits per heavy atom. The molecule has 4 aliphatic rings. The molecule has 1 saturated heterocycles. The third-order valence-electron chi connectivity index (χ3n) is 22.8. The quantitative estimate of drug-likeness (QED) is 0.0100. The summed E-state index contributed by atoms with van der Waals surface area (Å²) in [6.07, 6.45) is 14.2. The lowest BCUT2D eigenvalue weighted by Crippen LogP contribution is -2.79. The molecule has 3 fully saturated rings. The molecule has 1 heterocycles. The van der Waals surface area contributed by atoms with Gasteiger partial charge < -0.3 is 59.5 Å². The number of unbranched alkanes of at least 4 members (excludes halogenated alkanes) is 19. The van der Waals surface area contributed by atoms with Crippen LogP contribution < -0.4 is 16.0 Å². The van der Waals surface area contributed by atoms with Crippen LogP contribution in [0.2, 0.25) is 0 Å². The fraction of sp³-hybridized carbons (Fsp3) is 0.655. The monoisotopic (exact) mass is 1600 g/mol. The minimum Gasteiger partial charge on any atom is -0.462 e. The van der Waals surface area contributed by atoms with Gasteiger partial charge in [-0.15, -0.1) is 0 Å². The lowest BCUT2D eigenvalue weighted by molar-refractivity contribution is -0.331. The summed E-state index contributed by atoms with van der Waals surface area (Å²) in [6.45, 7) is 11.4. The van der Waals surface area contributed by atoms with Crippen molar-refractivity contribution in [3.63, 3.8) is 0 Å². The van der Waals surface area contributed by atoms with Gasteiger partial charge in [0.15, 0.2) is 23.6 Å². The van der Waals surface area contributed by atoms with Crippen LogP contribution >= 0.6 is 7.82 Å². The zero-order chi connectivity index (χ0) is 82.0. The smallest absolute Gasteiger partial charge is 0.462 e. The van der Waals surface area contributed by atoms with Crippen LogP contribution in [0.4, 0.5) is 0 Å². The van der Waals surface area contributed by atoms with Gasteiger partial charge in [-0.3, -0.25) is 52.2 Å². The van der Waals surface area contributed by atoms with Crippen molar-refractivity contribution < 1.29 is 105 Å². The van der Waals surface area contributed by atoms with Gasteiger partial charge in [0.2, 0.25) is 5.91 Å². The third-order valence-corrected chi connectivity index (χ3v) is 23.7. The maximum absolute atomic E-state index is 15.9. The van der Waals surface area contributed by atoms with Gasteiger partial charge in [0.25, 0.3) is 5.91 Å². The van der Waals surface area contributed by atoms with Crippen LogP contribution in [0.3, 0.4) is 0 Å². The Labute approximate surface area is 667 Å². The van der Waals surface area contributed by atoms with E-state index < -0.39 is 163 Å². The van der Waals surface area contributed by atoms with E-state index in [1.165, 1.54) is 76.3 Å². The molecule has 25 nitrogen and oxygen atoms in total. The molecule has 13 atom stereocenters. The van der Waals surface area contributed by atoms with Crippen LogP contribution in [-0.4, -0.2) is 162 Å². The van der Waals surface area contributed by atoms with Gasteiger partial charge in [0, 0.05) is 88.8 Å². The summed E-state index contributed by atoms with van der Waals surface area (Å²) in [6, 6.07) is 23.7. The van der Waals surface area contributed by atoms with Crippen LogP contribution in [0, 0.1) is 29.1 Å². The molecular formula is C87H126N3O22P. The van der Waals surface area contributed by atoms with E-state index in [9.17, 15) is 58.0 Å². The number of phosphoric acid groups is 1. The molecule has 0 radical (unpaired) electrons. The van der Waals surface area contributed by atoms with Crippen LogP contribution in [0.5, 0.6) is 0 Å². The Balaban J connectivity index is 0.913. The highest BCUT2D eigenvalue weighted by Crippen LogP contribution is 2.62. The first-order valence-corrected chi connectivity index (χ1v) is 43.0. The summed E-state index contributed by atoms with van der Waals surface area (Å²) in [5, 5.41) is 35.5. The fourth-order valence-corrected chi connectivity index (χ4v) is 17.4. The number of Topliss-reactive ketones (excluding diaryl/α,β-unsaturated/α-hetero) is 3. The number of carbonyl (C=O) groups is 10. The Hall–Kier alpha value is -7.35. The normalized spacial score (nSPS) is 22.9. The second kappa shape index (κ2) is 47.0. The lowest BCUT2D eigenvalue weighted by atomic mass is 9.47. The number of fused-ring (bicyclic) bond motifs is 5. The molecular weight excluding hydrogens is 1470 g/mol. The highest BCUT2D eigenvalue weighted by Gasteiger charge is 2.75. The number of aliphatic hydroxyl groups excluding tert-OH is 1. The first-order valence-electron chi connectivity index (χ1n) is 41.5. The lowest BCUT2D eigenvalue weighted by Gasteiger charge is -2.65. The number of allylic oxidation sites excluding steroid dienone is 1. The van der Waals surface area contributed by atoms with E-state index in [0.29, 0.717) is 43.5 Å². The number of benzene rings is 3. The second-order valence-corrected chi connectivity index (χ2v) is 33.1. The van der Waals surface area contributed by atoms with E-state index in [1.807, 2.05) is 0 Å². The first-order chi connectivity index (χ1) is 54.2. The Kier molecular flexibility index (Phi) is 38.6. The molecule has 3 aromatic rings. The minimum atomic E-state index is -4.42. The number of rotatable bonds is 53. The highest BCUT2D eigenvalue weighted by molar-refractivity contribution is 7.47. The van der Waals surface area contributed by atoms with Crippen molar-refractivity contribution in [1.29, 1.82) is 0 Å². The molecule has 26 heteroatoms. The Morgan fingerprint density at radius 1 is 0.646 bits per heavy atom. The molecule has 7 rings (SSSR count). The molecule has 0 aromatic heterocycles. The number of amides is 2. The minimum absolute atomic E-state index is 0.00124. The van der Waals surface area contributed by atoms with E-state index >= 15 is 9.59 Å². The van der Waals surface area contributed by atoms with E-state index in [1.54, 1.807) is 107 Å². The van der Waals surface area contributed by atoms with Crippen molar-refractivity contribution in [2.45, 2.75) is 289 Å². The number of hydrogen-bond donors (Lipinski definition) is 6. The number of esters is 5. The molecule has 2 saturated carbocycles. The molecule has 2 bridgehead atoms. The molecule has 2 amide bonds. The number of aliphatic hydroxyl groups is 2. The predicted octanol–water partition coefficient (Wildman–Crippen LogP) is 13.7. The van der Waals surface area contributed by atoms with Gasteiger partial charge in [-0.1, -0.05) is 216 Å². The topological polar surface area (TPSA) is 358 Å². The summed E-state index contributed by atoms with van der Waals surface area (Å²) < 4.78 is 58.1. The molecule has 3 aliphatic carbocycles. The van der Waals surface area contributed by atoms with Crippen molar-refractivity contribution in [3.8, 4) is 0 Å². The fourth-order valence-electron chi connectivity index (χ4n) is 16.6. The molecule has 626 valence electrons. The Morgan fingerprint density at radius 2 is 1.21 bits per heavy atom. The number of phosphoric ester groups is 1. The van der Waals surface area contributed by atoms with Gasteiger partial charge >= 0.3 is 37.7 Å². The van der Waals surface area contributed by atoms with Crippen molar-refractivity contribution in [3.05, 3.63) is 119 Å². The standard InChI is InChI=1S/C87H126N3O22P/c1-8-10-11-12-13-14-15-16-17-18-19-21-24-36-45-74(97)105-57-68(58-108-113(103,104)107-52-9-2)110-75(98)46-37-25-22-20-23-26-38-49-88-50-51-89-73(96)48-47-67(93)54-69(79(63-39-30-27-31-40-63)90-83(100)64-41-32-28-33-42-64)70(94)53-66-56-87(102)82(111-84(101)65-43-34-29-35-44-65)78-76(71(95)55-72-86(78,59-106-72)112-62(5)92)80(99)81(109-61(4)91)77(60(66)3)85(87,6)7/h27-35,39-44,66,68-69,71-72,76,78-79,81-82,88,95,102H,8-26,36-38,45-59H2,1-7H3,(H,89,96)(H,90,100)(H,103,104)/t66-,68?,69-,71-,72+,76?,78?,79-,81+,82-,86-,87+/m0/s1. The predicted molar refractivity (Wildman–Crippen MR) is 423 cm³/mol. The van der Waals surface area contributed by atoms with Crippen molar-refractivity contribution in [2.24, 2.45) is 29.1 Å². The Bertz CT molecular complexity index is 3630. The molecule has 3 aromatic carbocycles. The summed E-state index contributed by atoms with van der Waals surface area (Å²) in [4.78, 5) is 151. The van der Waals surface area contributed by atoms with Crippen molar-refractivity contribution in [1.82, 2.24) is 16.0 Å². The van der Waals surface area contributed by atoms with Crippen molar-refractivity contribution >= 4 is 66.8 Å². The molecule has 4 unspecified atom stereocenters. The van der Waals surface area contributed by atoms with Crippen molar-refractivity contribution in [2.75, 3.05) is 46.1 Å². The summed E-state index contributed by atoms with van der Waals surface area (Å²) >= 11 is 0. The van der Waals surface area contributed by atoms with E-state index in [-0.39, 0.29) is 81.6 Å². The maximum atomic E-state index is 15.9. The largest absolute Gasteiger partial charge is 0.472 e. The van der Waals surface area contributed by atoms with E-state index in [4.69, 9.17) is 37.5 Å². The number of ether oxygens (including phenoxy) is 6. The van der Waals surface area contributed by atoms with Gasteiger partial charge in [0.1, 0.15) is 36.0 Å². The van der Waals surface area contributed by atoms with Crippen LogP contribution in [0.1, 0.15) is 273 Å². The molecule has 113 heavy (non-hydrogen) atoms. The van der Waals surface area contributed by atoms with E-state index in [2.05, 4.69) is 22.9 Å². The summed E-state index contributed by atoms with van der Waals surface area (Å²) in [5.41, 5.74) is -4.51. The number of hydrogen-bond acceptors (Lipinski definition) is 22. The average molecular weight is 1600 g/mol. The number of ketones is 3. The van der Waals surface area contributed by atoms with Gasteiger partial charge in [-0.05, 0) is 86.9 Å².